The summed E-state index contributed by atoms with van der Waals surface area (Å²) in [6.45, 7) is 3.93. The van der Waals surface area contributed by atoms with E-state index in [0.29, 0.717) is 17.9 Å². The average molecular weight is 348 g/mol. The van der Waals surface area contributed by atoms with Gasteiger partial charge in [-0.05, 0) is 32.4 Å². The Morgan fingerprint density at radius 2 is 2.09 bits per heavy atom. The van der Waals surface area contributed by atoms with Crippen molar-refractivity contribution in [3.8, 4) is 11.3 Å². The normalized spacial score (nSPS) is 11.3. The minimum atomic E-state index is 0.0809. The molecule has 1 N–H and O–H groups in total. The third-order valence-corrected chi connectivity index (χ3v) is 4.62. The highest BCUT2D eigenvalue weighted by Crippen LogP contribution is 2.25. The fraction of sp³-hybridized carbons (Fsp3) is 0.294. The minimum absolute atomic E-state index is 0.0809. The molecule has 0 saturated carbocycles. The van der Waals surface area contributed by atoms with Crippen molar-refractivity contribution >= 4 is 33.8 Å². The van der Waals surface area contributed by atoms with E-state index >= 15 is 0 Å². The van der Waals surface area contributed by atoms with Crippen molar-refractivity contribution in [1.82, 2.24) is 14.7 Å². The van der Waals surface area contributed by atoms with Gasteiger partial charge in [-0.3, -0.25) is 9.20 Å². The first-order valence-corrected chi connectivity index (χ1v) is 8.79. The second-order valence-corrected chi connectivity index (χ2v) is 7.01. The highest BCUT2D eigenvalue weighted by Gasteiger charge is 2.11. The van der Waals surface area contributed by atoms with E-state index in [2.05, 4.69) is 20.1 Å². The fourth-order valence-corrected chi connectivity index (χ4v) is 3.44. The third kappa shape index (κ3) is 3.74. The van der Waals surface area contributed by atoms with E-state index in [1.807, 2.05) is 44.3 Å². The van der Waals surface area contributed by atoms with E-state index in [4.69, 9.17) is 11.6 Å². The second-order valence-electron chi connectivity index (χ2n) is 5.73. The molecule has 3 rings (SSSR count). The average Bonchev–Trinajstić information content (AvgIpc) is 3.06. The number of thiazole rings is 1. The number of halogens is 1. The Labute approximate surface area is 144 Å². The maximum Gasteiger partial charge on any atom is 0.220 e. The van der Waals surface area contributed by atoms with Gasteiger partial charge in [-0.15, -0.1) is 11.3 Å². The minimum Gasteiger partial charge on any atom is -0.354 e. The van der Waals surface area contributed by atoms with Crippen LogP contribution in [0.4, 0.5) is 0 Å². The topological polar surface area (TPSA) is 46.4 Å². The van der Waals surface area contributed by atoms with Crippen molar-refractivity contribution in [2.45, 2.75) is 32.7 Å². The zero-order chi connectivity index (χ0) is 16.4. The van der Waals surface area contributed by atoms with Crippen molar-refractivity contribution in [2.24, 2.45) is 0 Å². The van der Waals surface area contributed by atoms with Gasteiger partial charge < -0.3 is 5.32 Å². The Morgan fingerprint density at radius 1 is 1.35 bits per heavy atom. The molecule has 1 amide bonds. The molecule has 0 saturated heterocycles. The summed E-state index contributed by atoms with van der Waals surface area (Å²) in [4.78, 5) is 17.4. The Morgan fingerprint density at radius 3 is 2.78 bits per heavy atom. The maximum absolute atomic E-state index is 11.8. The zero-order valence-electron chi connectivity index (χ0n) is 13.0. The number of benzene rings is 1. The number of amides is 1. The van der Waals surface area contributed by atoms with Crippen molar-refractivity contribution in [2.75, 3.05) is 0 Å². The Balaban J connectivity index is 1.78. The lowest BCUT2D eigenvalue weighted by Crippen LogP contribution is -2.30. The summed E-state index contributed by atoms with van der Waals surface area (Å²) in [5.41, 5.74) is 3.06. The monoisotopic (exact) mass is 347 g/mol. The molecule has 3 aromatic rings. The van der Waals surface area contributed by atoms with Gasteiger partial charge in [-0.25, -0.2) is 4.98 Å². The van der Waals surface area contributed by atoms with Gasteiger partial charge in [-0.2, -0.15) is 0 Å². The van der Waals surface area contributed by atoms with Crippen LogP contribution in [0.2, 0.25) is 5.02 Å². The maximum atomic E-state index is 11.8. The number of carbonyl (C=O) groups excluding carboxylic acids is 1. The first-order chi connectivity index (χ1) is 11.0. The summed E-state index contributed by atoms with van der Waals surface area (Å²) in [7, 11) is 0. The Kier molecular flexibility index (Phi) is 4.68. The van der Waals surface area contributed by atoms with Crippen molar-refractivity contribution in [3.63, 3.8) is 0 Å². The summed E-state index contributed by atoms with van der Waals surface area (Å²) >= 11 is 7.52. The molecule has 23 heavy (non-hydrogen) atoms. The lowest BCUT2D eigenvalue weighted by Gasteiger charge is -2.07. The number of carbonyl (C=O) groups is 1. The molecule has 0 atom stereocenters. The van der Waals surface area contributed by atoms with Gasteiger partial charge >= 0.3 is 0 Å². The molecule has 0 aliphatic heterocycles. The predicted molar refractivity (Wildman–Crippen MR) is 95.1 cm³/mol. The highest BCUT2D eigenvalue weighted by atomic mass is 35.5. The summed E-state index contributed by atoms with van der Waals surface area (Å²) < 4.78 is 2.07. The molecule has 2 aromatic heterocycles. The number of aryl methyl sites for hydroxylation is 1. The lowest BCUT2D eigenvalue weighted by atomic mass is 10.2. The van der Waals surface area contributed by atoms with Crippen molar-refractivity contribution in [1.29, 1.82) is 0 Å². The molecule has 2 heterocycles. The number of imidazole rings is 1. The van der Waals surface area contributed by atoms with Crippen LogP contribution in [0.25, 0.3) is 16.2 Å². The van der Waals surface area contributed by atoms with Gasteiger partial charge in [0.05, 0.1) is 5.69 Å². The van der Waals surface area contributed by atoms with Crippen LogP contribution >= 0.6 is 22.9 Å². The van der Waals surface area contributed by atoms with Crippen molar-refractivity contribution in [3.05, 3.63) is 46.6 Å². The van der Waals surface area contributed by atoms with Crippen LogP contribution in [0.5, 0.6) is 0 Å². The van der Waals surface area contributed by atoms with E-state index in [0.717, 1.165) is 21.9 Å². The van der Waals surface area contributed by atoms with Crippen LogP contribution in [-0.2, 0) is 11.2 Å². The molecule has 1 aromatic carbocycles. The van der Waals surface area contributed by atoms with Gasteiger partial charge in [0.1, 0.15) is 0 Å². The quantitative estimate of drug-likeness (QED) is 0.752. The van der Waals surface area contributed by atoms with Gasteiger partial charge in [0.25, 0.3) is 0 Å². The molecule has 0 radical (unpaired) electrons. The molecule has 4 nitrogen and oxygen atoms in total. The molecular weight excluding hydrogens is 330 g/mol. The number of hydrogen-bond donors (Lipinski definition) is 1. The molecule has 0 bridgehead atoms. The Bertz CT molecular complexity index is 820. The smallest absolute Gasteiger partial charge is 0.220 e. The number of nitrogens with zero attached hydrogens (tertiary/aromatic N) is 2. The van der Waals surface area contributed by atoms with E-state index in [1.165, 1.54) is 0 Å². The van der Waals surface area contributed by atoms with Gasteiger partial charge in [-0.1, -0.05) is 23.7 Å². The van der Waals surface area contributed by atoms with Gasteiger partial charge in [0.15, 0.2) is 4.96 Å². The summed E-state index contributed by atoms with van der Waals surface area (Å²) in [6.07, 6.45) is 3.21. The Hall–Kier alpha value is -1.85. The standard InChI is InChI=1S/C17H18ClN3OS/c1-11(2)19-16(22)8-7-14-10-23-17-20-15(9-21(14)17)12-3-5-13(18)6-4-12/h3-6,9-11H,7-8H2,1-2H3,(H,19,22). The molecule has 6 heteroatoms. The van der Waals surface area contributed by atoms with Crippen LogP contribution in [0.1, 0.15) is 26.0 Å². The third-order valence-electron chi connectivity index (χ3n) is 3.48. The first kappa shape index (κ1) is 16.0. The van der Waals surface area contributed by atoms with Crippen LogP contribution in [0.15, 0.2) is 35.8 Å². The summed E-state index contributed by atoms with van der Waals surface area (Å²) in [5, 5.41) is 5.70. The van der Waals surface area contributed by atoms with Crippen LogP contribution in [-0.4, -0.2) is 21.3 Å². The fourth-order valence-electron chi connectivity index (χ4n) is 2.40. The lowest BCUT2D eigenvalue weighted by molar-refractivity contribution is -0.121. The highest BCUT2D eigenvalue weighted by molar-refractivity contribution is 7.15. The first-order valence-electron chi connectivity index (χ1n) is 7.53. The summed E-state index contributed by atoms with van der Waals surface area (Å²) in [6, 6.07) is 7.83. The van der Waals surface area contributed by atoms with Crippen LogP contribution in [0, 0.1) is 0 Å². The molecule has 0 aliphatic carbocycles. The van der Waals surface area contributed by atoms with E-state index in [-0.39, 0.29) is 11.9 Å². The second kappa shape index (κ2) is 6.72. The number of rotatable bonds is 5. The molecule has 0 aliphatic rings. The zero-order valence-corrected chi connectivity index (χ0v) is 14.6. The largest absolute Gasteiger partial charge is 0.354 e. The van der Waals surface area contributed by atoms with Gasteiger partial charge in [0, 0.05) is 40.3 Å². The number of aromatic nitrogens is 2. The molecular formula is C17H18ClN3OS. The predicted octanol–water partition coefficient (Wildman–Crippen LogP) is 4.17. The molecule has 120 valence electrons. The van der Waals surface area contributed by atoms with E-state index in [9.17, 15) is 4.79 Å². The molecule has 0 spiro atoms. The van der Waals surface area contributed by atoms with Crippen LogP contribution < -0.4 is 5.32 Å². The van der Waals surface area contributed by atoms with E-state index < -0.39 is 0 Å². The van der Waals surface area contributed by atoms with Crippen LogP contribution in [0.3, 0.4) is 0 Å². The molecule has 0 fully saturated rings. The molecule has 0 unspecified atom stereocenters. The SMILES string of the molecule is CC(C)NC(=O)CCc1csc2nc(-c3ccc(Cl)cc3)cn12. The number of hydrogen-bond acceptors (Lipinski definition) is 3. The van der Waals surface area contributed by atoms with Crippen molar-refractivity contribution < 1.29 is 4.79 Å². The number of fused-ring (bicyclic) bond motifs is 1. The summed E-state index contributed by atoms with van der Waals surface area (Å²) in [5.74, 6) is 0.0809. The number of nitrogens with one attached hydrogen (secondary N) is 1. The van der Waals surface area contributed by atoms with E-state index in [1.54, 1.807) is 11.3 Å². The van der Waals surface area contributed by atoms with Gasteiger partial charge in [0.2, 0.25) is 5.91 Å².